The molecule has 224 valence electrons. The Morgan fingerprint density at radius 1 is 1.15 bits per heavy atom. The first-order valence-electron chi connectivity index (χ1n) is 15.9. The zero-order chi connectivity index (χ0) is 28.7. The van der Waals surface area contributed by atoms with Gasteiger partial charge in [-0.15, -0.1) is 0 Å². The van der Waals surface area contributed by atoms with Crippen molar-refractivity contribution in [2.45, 2.75) is 114 Å². The molecule has 0 aromatic heterocycles. The minimum atomic E-state index is -1.06. The Balaban J connectivity index is 1.09. The minimum Gasteiger partial charge on any atom is -0.481 e. The van der Waals surface area contributed by atoms with Gasteiger partial charge >= 0.3 is 11.9 Å². The first-order valence-corrected chi connectivity index (χ1v) is 17.0. The maximum Gasteiger partial charge on any atom is 0.322 e. The van der Waals surface area contributed by atoms with Crippen molar-refractivity contribution in [2.75, 3.05) is 13.2 Å². The van der Waals surface area contributed by atoms with E-state index in [0.29, 0.717) is 29.3 Å². The van der Waals surface area contributed by atoms with Crippen LogP contribution in [0.2, 0.25) is 0 Å². The Labute approximate surface area is 253 Å². The molecular weight excluding hydrogens is 619 g/mol. The minimum absolute atomic E-state index is 0.115. The highest BCUT2D eigenvalue weighted by Gasteiger charge is 2.68. The van der Waals surface area contributed by atoms with Crippen molar-refractivity contribution in [2.24, 2.45) is 52.3 Å². The van der Waals surface area contributed by atoms with Gasteiger partial charge in [-0.25, -0.2) is 0 Å². The first kappa shape index (κ1) is 29.4. The summed E-state index contributed by atoms with van der Waals surface area (Å²) in [6.07, 6.45) is 13.6. The van der Waals surface area contributed by atoms with Crippen LogP contribution in [0.4, 0.5) is 0 Å². The number of carbonyl (C=O) groups excluding carboxylic acids is 1. The van der Waals surface area contributed by atoms with Gasteiger partial charge in [-0.2, -0.15) is 0 Å². The number of esters is 1. The lowest BCUT2D eigenvalue weighted by Gasteiger charge is -2.58. The summed E-state index contributed by atoms with van der Waals surface area (Å²) in [4.78, 5) is 23.6. The number of hydrogen-bond acceptors (Lipinski definition) is 5. The maximum absolute atomic E-state index is 12.5. The Morgan fingerprint density at radius 2 is 1.93 bits per heavy atom. The largest absolute Gasteiger partial charge is 0.481 e. The fourth-order valence-electron chi connectivity index (χ4n) is 10.6. The number of carbonyl (C=O) groups is 2. The molecule has 5 fully saturated rings. The zero-order valence-electron chi connectivity index (χ0n) is 25.0. The highest BCUT2D eigenvalue weighted by Crippen LogP contribution is 2.70. The number of alkyl halides is 1. The van der Waals surface area contributed by atoms with Crippen LogP contribution in [0, 0.1) is 52.3 Å². The smallest absolute Gasteiger partial charge is 0.322 e. The molecule has 12 atom stereocenters. The van der Waals surface area contributed by atoms with E-state index < -0.39 is 21.1 Å². The summed E-state index contributed by atoms with van der Waals surface area (Å²) >= 11 is 1.88. The number of ether oxygens (including phenoxy) is 3. The van der Waals surface area contributed by atoms with Gasteiger partial charge in [0.1, 0.15) is 3.42 Å². The second-order valence-electron chi connectivity index (χ2n) is 15.3. The van der Waals surface area contributed by atoms with Gasteiger partial charge in [0.15, 0.2) is 5.79 Å². The van der Waals surface area contributed by atoms with Crippen LogP contribution in [-0.4, -0.2) is 45.6 Å². The van der Waals surface area contributed by atoms with E-state index in [0.717, 1.165) is 36.5 Å². The topological polar surface area (TPSA) is 82.1 Å². The van der Waals surface area contributed by atoms with Gasteiger partial charge in [0.25, 0.3) is 0 Å². The summed E-state index contributed by atoms with van der Waals surface area (Å²) in [7, 11) is 0. The molecule has 2 aliphatic heterocycles. The third-order valence-electron chi connectivity index (χ3n) is 12.8. The van der Waals surface area contributed by atoms with Gasteiger partial charge in [0.2, 0.25) is 0 Å². The quantitative estimate of drug-likeness (QED) is 0.145. The Morgan fingerprint density at radius 3 is 2.62 bits per heavy atom. The van der Waals surface area contributed by atoms with Crippen LogP contribution in [0.1, 0.15) is 98.8 Å². The lowest BCUT2D eigenvalue weighted by atomic mass is 9.46. The van der Waals surface area contributed by atoms with E-state index in [4.69, 9.17) is 19.3 Å². The molecule has 0 bridgehead atoms. The molecule has 1 spiro atoms. The number of hydrogen-bond donors (Lipinski definition) is 1. The molecule has 2 heterocycles. The molecule has 0 aromatic rings. The van der Waals surface area contributed by atoms with Gasteiger partial charge in [-0.3, -0.25) is 9.59 Å². The fraction of sp³-hybridized carbons (Fsp3) is 0.879. The molecule has 1 N–H and O–H groups in total. The summed E-state index contributed by atoms with van der Waals surface area (Å²) in [5.41, 5.74) is 2.50. The van der Waals surface area contributed by atoms with Crippen molar-refractivity contribution in [3.8, 4) is 0 Å². The number of rotatable bonds is 5. The number of carboxylic acids is 1. The number of carboxylic acid groups (broad SMARTS) is 1. The van der Waals surface area contributed by atoms with Crippen LogP contribution in [0.25, 0.3) is 0 Å². The lowest BCUT2D eigenvalue weighted by Crippen LogP contribution is -2.52. The number of halogens is 1. The van der Waals surface area contributed by atoms with Crippen LogP contribution >= 0.6 is 22.6 Å². The molecular formula is C33H49IO6. The van der Waals surface area contributed by atoms with Gasteiger partial charge < -0.3 is 19.3 Å². The van der Waals surface area contributed by atoms with Crippen molar-refractivity contribution < 1.29 is 28.9 Å². The van der Waals surface area contributed by atoms with Gasteiger partial charge in [0, 0.05) is 18.3 Å². The van der Waals surface area contributed by atoms with E-state index in [1.165, 1.54) is 44.9 Å². The predicted molar refractivity (Wildman–Crippen MR) is 161 cm³/mol. The zero-order valence-corrected chi connectivity index (χ0v) is 27.2. The van der Waals surface area contributed by atoms with Gasteiger partial charge in [0.05, 0.1) is 25.7 Å². The summed E-state index contributed by atoms with van der Waals surface area (Å²) < 4.78 is 18.0. The number of fused-ring (bicyclic) bond motifs is 7. The van der Waals surface area contributed by atoms with E-state index in [1.807, 2.05) is 22.6 Å². The molecule has 0 radical (unpaired) electrons. The summed E-state index contributed by atoms with van der Waals surface area (Å²) in [5, 5.41) is 9.09. The molecule has 0 aromatic carbocycles. The third kappa shape index (κ3) is 4.61. The van der Waals surface area contributed by atoms with Gasteiger partial charge in [-0.1, -0.05) is 61.9 Å². The SMILES string of the molecule is CC1CC[C@@]2(C)C(=CCC3C4CC5OC6(CCC(COC(=O)[C@](C)(I)CC(=O)O)CO6)[C@@H](C)C5[C@@]4(C)CCC32)C1. The van der Waals surface area contributed by atoms with Crippen LogP contribution in [-0.2, 0) is 23.8 Å². The number of aliphatic carboxylic acids is 1. The Bertz CT molecular complexity index is 1060. The Kier molecular flexibility index (Phi) is 7.51. The van der Waals surface area contributed by atoms with Crippen molar-refractivity contribution in [1.82, 2.24) is 0 Å². The van der Waals surface area contributed by atoms with Crippen molar-refractivity contribution in [1.29, 1.82) is 0 Å². The lowest BCUT2D eigenvalue weighted by molar-refractivity contribution is -0.275. The van der Waals surface area contributed by atoms with E-state index in [-0.39, 0.29) is 25.0 Å². The van der Waals surface area contributed by atoms with Crippen LogP contribution in [0.15, 0.2) is 11.6 Å². The van der Waals surface area contributed by atoms with Crippen molar-refractivity contribution in [3.05, 3.63) is 11.6 Å². The molecule has 6 aliphatic rings. The summed E-state index contributed by atoms with van der Waals surface area (Å²) in [6.45, 7) is 12.4. The molecule has 7 heteroatoms. The predicted octanol–water partition coefficient (Wildman–Crippen LogP) is 7.18. The molecule has 3 saturated carbocycles. The fourth-order valence-corrected chi connectivity index (χ4v) is 11.1. The average molecular weight is 669 g/mol. The van der Waals surface area contributed by atoms with Crippen molar-refractivity contribution in [3.63, 3.8) is 0 Å². The maximum atomic E-state index is 12.5. The average Bonchev–Trinajstić information content (AvgIpc) is 3.33. The highest BCUT2D eigenvalue weighted by atomic mass is 127. The Hall–Kier alpha value is -0.670. The van der Waals surface area contributed by atoms with Crippen LogP contribution < -0.4 is 0 Å². The summed E-state index contributed by atoms with van der Waals surface area (Å²) in [6, 6.07) is 0. The van der Waals surface area contributed by atoms with E-state index in [2.05, 4.69) is 33.8 Å². The molecule has 40 heavy (non-hydrogen) atoms. The van der Waals surface area contributed by atoms with E-state index in [9.17, 15) is 9.59 Å². The summed E-state index contributed by atoms with van der Waals surface area (Å²) in [5.74, 6) is 2.20. The standard InChI is InChI=1S/C33H49IO6/c1-19-8-11-30(3)22(14-19)6-7-23-24(30)10-12-31(4)25(23)15-26-28(31)20(2)33(40-26)13-9-21(18-39-33)17-38-29(37)32(5,34)16-27(35)36/h6,19-21,23-26,28H,7-18H2,1-5H3,(H,35,36)/t19?,20-,21?,23?,24?,25?,26?,28?,30-,31-,32+,33?/m0/s1. The van der Waals surface area contributed by atoms with E-state index >= 15 is 0 Å². The second kappa shape index (κ2) is 10.2. The molecule has 4 aliphatic carbocycles. The van der Waals surface area contributed by atoms with Crippen LogP contribution in [0.5, 0.6) is 0 Å². The molecule has 0 amide bonds. The molecule has 6 nitrogen and oxygen atoms in total. The monoisotopic (exact) mass is 668 g/mol. The third-order valence-corrected chi connectivity index (χ3v) is 13.7. The highest BCUT2D eigenvalue weighted by molar-refractivity contribution is 14.1. The molecule has 2 saturated heterocycles. The van der Waals surface area contributed by atoms with Gasteiger partial charge in [-0.05, 0) is 98.7 Å². The molecule has 8 unspecified atom stereocenters. The van der Waals surface area contributed by atoms with Crippen LogP contribution in [0.3, 0.4) is 0 Å². The normalized spacial score (nSPS) is 49.2. The molecule has 6 rings (SSSR count). The van der Waals surface area contributed by atoms with E-state index in [1.54, 1.807) is 12.5 Å². The second-order valence-corrected chi connectivity index (χ2v) is 17.6. The van der Waals surface area contributed by atoms with Crippen molar-refractivity contribution >= 4 is 34.5 Å². The first-order chi connectivity index (χ1) is 18.8. The number of allylic oxidation sites excluding steroid dienone is 2.